The molecule has 2 aromatic rings. The standard InChI is InChI=1S/C16H17BrClNO/c1-2-9-20-14-6-3-12(4-7-14)11-19-16-8-5-13(17)10-15(16)18/h3-8,10,19H,2,9,11H2,1H3. The number of hydrogen-bond acceptors (Lipinski definition) is 2. The maximum absolute atomic E-state index is 6.17. The Morgan fingerprint density at radius 1 is 1.15 bits per heavy atom. The molecular weight excluding hydrogens is 338 g/mol. The predicted molar refractivity (Wildman–Crippen MR) is 88.7 cm³/mol. The molecular formula is C16H17BrClNO. The van der Waals surface area contributed by atoms with Gasteiger partial charge in [-0.15, -0.1) is 0 Å². The summed E-state index contributed by atoms with van der Waals surface area (Å²) in [6, 6.07) is 13.9. The first-order valence-corrected chi connectivity index (χ1v) is 7.77. The maximum Gasteiger partial charge on any atom is 0.119 e. The van der Waals surface area contributed by atoms with Crippen molar-refractivity contribution in [3.63, 3.8) is 0 Å². The van der Waals surface area contributed by atoms with Crippen molar-refractivity contribution in [2.45, 2.75) is 19.9 Å². The molecule has 0 saturated heterocycles. The van der Waals surface area contributed by atoms with E-state index in [0.717, 1.165) is 35.5 Å². The van der Waals surface area contributed by atoms with E-state index in [9.17, 15) is 0 Å². The van der Waals surface area contributed by atoms with Gasteiger partial charge in [-0.25, -0.2) is 0 Å². The first kappa shape index (κ1) is 15.2. The van der Waals surface area contributed by atoms with Crippen LogP contribution in [-0.2, 0) is 6.54 Å². The normalized spacial score (nSPS) is 10.3. The molecule has 4 heteroatoms. The highest BCUT2D eigenvalue weighted by Gasteiger charge is 2.01. The van der Waals surface area contributed by atoms with Crippen LogP contribution in [0.4, 0.5) is 5.69 Å². The Bertz CT molecular complexity index is 557. The largest absolute Gasteiger partial charge is 0.494 e. The van der Waals surface area contributed by atoms with Gasteiger partial charge in [0.2, 0.25) is 0 Å². The van der Waals surface area contributed by atoms with Crippen LogP contribution in [0.5, 0.6) is 5.75 Å². The monoisotopic (exact) mass is 353 g/mol. The van der Waals surface area contributed by atoms with Crippen LogP contribution >= 0.6 is 27.5 Å². The molecule has 2 nitrogen and oxygen atoms in total. The molecule has 0 fully saturated rings. The van der Waals surface area contributed by atoms with Gasteiger partial charge in [-0.05, 0) is 42.3 Å². The van der Waals surface area contributed by atoms with Gasteiger partial charge >= 0.3 is 0 Å². The molecule has 0 unspecified atom stereocenters. The topological polar surface area (TPSA) is 21.3 Å². The molecule has 106 valence electrons. The predicted octanol–water partition coefficient (Wildman–Crippen LogP) is 5.50. The quantitative estimate of drug-likeness (QED) is 0.739. The average Bonchev–Trinajstić information content (AvgIpc) is 2.45. The molecule has 0 saturated carbocycles. The molecule has 0 bridgehead atoms. The Kier molecular flexibility index (Phi) is 5.74. The highest BCUT2D eigenvalue weighted by Crippen LogP contribution is 2.26. The van der Waals surface area contributed by atoms with Crippen LogP contribution in [-0.4, -0.2) is 6.61 Å². The van der Waals surface area contributed by atoms with Crippen molar-refractivity contribution in [3.8, 4) is 5.75 Å². The third kappa shape index (κ3) is 4.43. The summed E-state index contributed by atoms with van der Waals surface area (Å²) in [5, 5.41) is 4.04. The van der Waals surface area contributed by atoms with Gasteiger partial charge in [-0.2, -0.15) is 0 Å². The highest BCUT2D eigenvalue weighted by molar-refractivity contribution is 9.10. The highest BCUT2D eigenvalue weighted by atomic mass is 79.9. The van der Waals surface area contributed by atoms with Gasteiger partial charge in [0, 0.05) is 11.0 Å². The second kappa shape index (κ2) is 7.55. The molecule has 1 N–H and O–H groups in total. The number of halogens is 2. The van der Waals surface area contributed by atoms with Crippen molar-refractivity contribution >= 4 is 33.2 Å². The van der Waals surface area contributed by atoms with E-state index in [1.807, 2.05) is 30.3 Å². The lowest BCUT2D eigenvalue weighted by atomic mass is 10.2. The van der Waals surface area contributed by atoms with Crippen LogP contribution in [0.3, 0.4) is 0 Å². The second-order valence-corrected chi connectivity index (χ2v) is 5.79. The van der Waals surface area contributed by atoms with Crippen molar-refractivity contribution < 1.29 is 4.74 Å². The number of rotatable bonds is 6. The molecule has 0 aliphatic heterocycles. The number of anilines is 1. The van der Waals surface area contributed by atoms with E-state index in [4.69, 9.17) is 16.3 Å². The zero-order valence-corrected chi connectivity index (χ0v) is 13.7. The molecule has 2 rings (SSSR count). The SMILES string of the molecule is CCCOc1ccc(CNc2ccc(Br)cc2Cl)cc1. The minimum atomic E-state index is 0.710. The Balaban J connectivity index is 1.93. The molecule has 0 aromatic heterocycles. The van der Waals surface area contributed by atoms with E-state index in [-0.39, 0.29) is 0 Å². The lowest BCUT2D eigenvalue weighted by Crippen LogP contribution is -2.00. The molecule has 20 heavy (non-hydrogen) atoms. The van der Waals surface area contributed by atoms with Crippen molar-refractivity contribution in [2.75, 3.05) is 11.9 Å². The minimum absolute atomic E-state index is 0.710. The Morgan fingerprint density at radius 2 is 1.90 bits per heavy atom. The van der Waals surface area contributed by atoms with Crippen LogP contribution < -0.4 is 10.1 Å². The van der Waals surface area contributed by atoms with E-state index < -0.39 is 0 Å². The molecule has 0 heterocycles. The fraction of sp³-hybridized carbons (Fsp3) is 0.250. The van der Waals surface area contributed by atoms with Gasteiger partial charge in [0.15, 0.2) is 0 Å². The third-order valence-corrected chi connectivity index (χ3v) is 3.62. The van der Waals surface area contributed by atoms with E-state index in [0.29, 0.717) is 5.02 Å². The molecule has 0 spiro atoms. The fourth-order valence-electron chi connectivity index (χ4n) is 1.75. The maximum atomic E-state index is 6.17. The first-order valence-electron chi connectivity index (χ1n) is 6.59. The van der Waals surface area contributed by atoms with E-state index in [2.05, 4.69) is 40.3 Å². The average molecular weight is 355 g/mol. The van der Waals surface area contributed by atoms with Gasteiger partial charge in [0.1, 0.15) is 5.75 Å². The second-order valence-electron chi connectivity index (χ2n) is 4.47. The van der Waals surface area contributed by atoms with Crippen LogP contribution in [0.2, 0.25) is 5.02 Å². The smallest absolute Gasteiger partial charge is 0.119 e. The molecule has 0 atom stereocenters. The zero-order valence-electron chi connectivity index (χ0n) is 11.3. The summed E-state index contributed by atoms with van der Waals surface area (Å²) in [5.74, 6) is 0.914. The van der Waals surface area contributed by atoms with Crippen molar-refractivity contribution in [1.82, 2.24) is 0 Å². The first-order chi connectivity index (χ1) is 9.69. The van der Waals surface area contributed by atoms with E-state index in [1.54, 1.807) is 0 Å². The number of hydrogen-bond donors (Lipinski definition) is 1. The fourth-order valence-corrected chi connectivity index (χ4v) is 2.49. The van der Waals surface area contributed by atoms with Crippen molar-refractivity contribution in [1.29, 1.82) is 0 Å². The zero-order chi connectivity index (χ0) is 14.4. The van der Waals surface area contributed by atoms with Gasteiger partial charge in [0.05, 0.1) is 17.3 Å². The molecule has 0 aliphatic carbocycles. The van der Waals surface area contributed by atoms with Gasteiger partial charge in [-0.1, -0.05) is 46.6 Å². The molecule has 0 amide bonds. The lowest BCUT2D eigenvalue weighted by Gasteiger charge is -2.10. The molecule has 0 radical (unpaired) electrons. The number of benzene rings is 2. The third-order valence-electron chi connectivity index (χ3n) is 2.81. The summed E-state index contributed by atoms with van der Waals surface area (Å²) in [6.45, 7) is 3.59. The lowest BCUT2D eigenvalue weighted by molar-refractivity contribution is 0.317. The number of ether oxygens (including phenoxy) is 1. The summed E-state index contributed by atoms with van der Waals surface area (Å²) < 4.78 is 6.54. The van der Waals surface area contributed by atoms with E-state index >= 15 is 0 Å². The Morgan fingerprint density at radius 3 is 2.55 bits per heavy atom. The van der Waals surface area contributed by atoms with Crippen LogP contribution in [0.1, 0.15) is 18.9 Å². The van der Waals surface area contributed by atoms with Crippen LogP contribution in [0.25, 0.3) is 0 Å². The summed E-state index contributed by atoms with van der Waals surface area (Å²) in [5.41, 5.74) is 2.12. The summed E-state index contributed by atoms with van der Waals surface area (Å²) in [7, 11) is 0. The Hall–Kier alpha value is -1.19. The van der Waals surface area contributed by atoms with Crippen LogP contribution in [0.15, 0.2) is 46.9 Å². The summed E-state index contributed by atoms with van der Waals surface area (Å²) in [6.07, 6.45) is 1.02. The molecule has 0 aliphatic rings. The van der Waals surface area contributed by atoms with Crippen molar-refractivity contribution in [3.05, 3.63) is 57.5 Å². The van der Waals surface area contributed by atoms with Gasteiger partial charge in [0.25, 0.3) is 0 Å². The Labute approximate surface area is 133 Å². The summed E-state index contributed by atoms with van der Waals surface area (Å²) >= 11 is 9.56. The molecule has 2 aromatic carbocycles. The van der Waals surface area contributed by atoms with Gasteiger partial charge in [-0.3, -0.25) is 0 Å². The van der Waals surface area contributed by atoms with E-state index in [1.165, 1.54) is 5.56 Å². The van der Waals surface area contributed by atoms with Crippen LogP contribution in [0, 0.1) is 0 Å². The number of nitrogens with one attached hydrogen (secondary N) is 1. The van der Waals surface area contributed by atoms with Crippen molar-refractivity contribution in [2.24, 2.45) is 0 Å². The van der Waals surface area contributed by atoms with Gasteiger partial charge < -0.3 is 10.1 Å². The summed E-state index contributed by atoms with van der Waals surface area (Å²) in [4.78, 5) is 0. The minimum Gasteiger partial charge on any atom is -0.494 e.